The van der Waals surface area contributed by atoms with Crippen LogP contribution < -0.4 is 10.5 Å². The zero-order valence-electron chi connectivity index (χ0n) is 9.47. The SMILES string of the molecule is O=C1CC(CS(=O)(=O)F)CN1c1nc(Cl)cc(=O)[nH]1. The van der Waals surface area contributed by atoms with Crippen LogP contribution in [0.1, 0.15) is 6.42 Å². The summed E-state index contributed by atoms with van der Waals surface area (Å²) >= 11 is 5.59. The summed E-state index contributed by atoms with van der Waals surface area (Å²) in [5.41, 5.74) is -0.538. The number of carbonyl (C=O) groups is 1. The highest BCUT2D eigenvalue weighted by Gasteiger charge is 2.34. The Balaban J connectivity index is 2.22. The van der Waals surface area contributed by atoms with Gasteiger partial charge in [0.15, 0.2) is 0 Å². The monoisotopic (exact) mass is 309 g/mol. The fourth-order valence-corrected chi connectivity index (χ4v) is 2.89. The number of carbonyl (C=O) groups excluding carboxylic acids is 1. The van der Waals surface area contributed by atoms with Crippen molar-refractivity contribution >= 4 is 33.7 Å². The Morgan fingerprint density at radius 3 is 2.79 bits per heavy atom. The predicted octanol–water partition coefficient (Wildman–Crippen LogP) is 0.0755. The van der Waals surface area contributed by atoms with Gasteiger partial charge in [0.05, 0.1) is 5.75 Å². The fraction of sp³-hybridized carbons (Fsp3) is 0.444. The zero-order chi connectivity index (χ0) is 14.2. The Morgan fingerprint density at radius 2 is 2.21 bits per heavy atom. The van der Waals surface area contributed by atoms with Crippen LogP contribution in [0.5, 0.6) is 0 Å². The molecule has 19 heavy (non-hydrogen) atoms. The van der Waals surface area contributed by atoms with Crippen molar-refractivity contribution in [3.05, 3.63) is 21.6 Å². The van der Waals surface area contributed by atoms with E-state index in [-0.39, 0.29) is 24.1 Å². The minimum atomic E-state index is -4.65. The smallest absolute Gasteiger partial charge is 0.292 e. The predicted molar refractivity (Wildman–Crippen MR) is 65.2 cm³/mol. The van der Waals surface area contributed by atoms with E-state index in [4.69, 9.17) is 11.6 Å². The standard InChI is InChI=1S/C9H9ClFN3O4S/c10-6-2-7(15)13-9(12-6)14-3-5(1-8(14)16)4-19(11,17)18/h2,5H,1,3-4H2,(H,12,13,15). The molecule has 7 nitrogen and oxygen atoms in total. The van der Waals surface area contributed by atoms with Gasteiger partial charge in [0, 0.05) is 24.9 Å². The van der Waals surface area contributed by atoms with Gasteiger partial charge >= 0.3 is 10.2 Å². The van der Waals surface area contributed by atoms with Crippen LogP contribution in [0.2, 0.25) is 5.15 Å². The summed E-state index contributed by atoms with van der Waals surface area (Å²) in [6, 6.07) is 1.04. The average Bonchev–Trinajstić information content (AvgIpc) is 2.54. The molecule has 2 heterocycles. The molecule has 1 unspecified atom stereocenters. The molecule has 0 aliphatic carbocycles. The van der Waals surface area contributed by atoms with Gasteiger partial charge in [0.2, 0.25) is 11.9 Å². The first-order valence-corrected chi connectivity index (χ1v) is 7.17. The third-order valence-electron chi connectivity index (χ3n) is 2.59. The van der Waals surface area contributed by atoms with Crippen molar-refractivity contribution in [3.8, 4) is 0 Å². The van der Waals surface area contributed by atoms with Gasteiger partial charge in [-0.15, -0.1) is 3.89 Å². The largest absolute Gasteiger partial charge is 0.302 e. The molecule has 0 saturated carbocycles. The number of aromatic amines is 1. The Kier molecular flexibility index (Phi) is 3.59. The van der Waals surface area contributed by atoms with E-state index in [1.165, 1.54) is 0 Å². The molecule has 1 aliphatic rings. The van der Waals surface area contributed by atoms with Gasteiger partial charge in [0.1, 0.15) is 5.15 Å². The van der Waals surface area contributed by atoms with Gasteiger partial charge in [-0.05, 0) is 0 Å². The summed E-state index contributed by atoms with van der Waals surface area (Å²) in [6.07, 6.45) is -0.126. The quantitative estimate of drug-likeness (QED) is 0.629. The fourth-order valence-electron chi connectivity index (χ4n) is 1.92. The number of rotatable bonds is 3. The van der Waals surface area contributed by atoms with Crippen LogP contribution >= 0.6 is 11.6 Å². The molecular formula is C9H9ClFN3O4S. The highest BCUT2D eigenvalue weighted by atomic mass is 35.5. The van der Waals surface area contributed by atoms with Crippen LogP contribution in [-0.2, 0) is 15.0 Å². The Hall–Kier alpha value is -1.48. The molecule has 1 N–H and O–H groups in total. The average molecular weight is 310 g/mol. The molecule has 1 amide bonds. The second-order valence-corrected chi connectivity index (χ2v) is 5.97. The number of nitrogens with one attached hydrogen (secondary N) is 1. The lowest BCUT2D eigenvalue weighted by Crippen LogP contribution is -2.29. The van der Waals surface area contributed by atoms with Crippen LogP contribution in [0.3, 0.4) is 0 Å². The number of halogens is 2. The third kappa shape index (κ3) is 3.51. The van der Waals surface area contributed by atoms with E-state index in [2.05, 4.69) is 9.97 Å². The first kappa shape index (κ1) is 13.9. The van der Waals surface area contributed by atoms with Crippen LogP contribution in [0.4, 0.5) is 9.83 Å². The second kappa shape index (κ2) is 4.89. The summed E-state index contributed by atoms with van der Waals surface area (Å²) in [6.45, 7) is -0.0364. The zero-order valence-corrected chi connectivity index (χ0v) is 11.0. The van der Waals surface area contributed by atoms with Gasteiger partial charge in [-0.3, -0.25) is 19.5 Å². The molecule has 104 valence electrons. The van der Waals surface area contributed by atoms with E-state index in [0.29, 0.717) is 0 Å². The molecule has 1 aromatic rings. The molecular weight excluding hydrogens is 301 g/mol. The summed E-state index contributed by atoms with van der Waals surface area (Å²) in [5, 5.41) is -0.0897. The van der Waals surface area contributed by atoms with Crippen molar-refractivity contribution in [1.82, 2.24) is 9.97 Å². The van der Waals surface area contributed by atoms with Gasteiger partial charge < -0.3 is 0 Å². The minimum absolute atomic E-state index is 0.0364. The van der Waals surface area contributed by atoms with E-state index in [0.717, 1.165) is 11.0 Å². The van der Waals surface area contributed by atoms with Crippen LogP contribution in [0, 0.1) is 5.92 Å². The lowest BCUT2D eigenvalue weighted by atomic mass is 10.1. The van der Waals surface area contributed by atoms with E-state index < -0.39 is 33.4 Å². The van der Waals surface area contributed by atoms with Crippen LogP contribution in [0.25, 0.3) is 0 Å². The maximum Gasteiger partial charge on any atom is 0.302 e. The molecule has 2 rings (SSSR count). The van der Waals surface area contributed by atoms with Crippen LogP contribution in [0.15, 0.2) is 10.9 Å². The Bertz CT molecular complexity index is 674. The van der Waals surface area contributed by atoms with Crippen molar-refractivity contribution < 1.29 is 17.1 Å². The van der Waals surface area contributed by atoms with Crippen molar-refractivity contribution in [2.45, 2.75) is 6.42 Å². The Morgan fingerprint density at radius 1 is 1.53 bits per heavy atom. The van der Waals surface area contributed by atoms with Gasteiger partial charge in [-0.2, -0.15) is 8.42 Å². The highest BCUT2D eigenvalue weighted by molar-refractivity contribution is 7.86. The second-order valence-electron chi connectivity index (χ2n) is 4.17. The molecule has 1 saturated heterocycles. The number of H-pyrrole nitrogens is 1. The first-order valence-electron chi connectivity index (χ1n) is 5.24. The number of hydrogen-bond donors (Lipinski definition) is 1. The molecule has 1 fully saturated rings. The number of nitrogens with zero attached hydrogens (tertiary/aromatic N) is 2. The summed E-state index contributed by atoms with van der Waals surface area (Å²) in [5.74, 6) is -1.92. The number of amides is 1. The van der Waals surface area contributed by atoms with E-state index in [1.54, 1.807) is 0 Å². The summed E-state index contributed by atoms with van der Waals surface area (Å²) in [7, 11) is -4.65. The third-order valence-corrected chi connectivity index (χ3v) is 3.66. The lowest BCUT2D eigenvalue weighted by Gasteiger charge is -2.14. The van der Waals surface area contributed by atoms with E-state index in [1.807, 2.05) is 0 Å². The van der Waals surface area contributed by atoms with Crippen molar-refractivity contribution in [1.29, 1.82) is 0 Å². The lowest BCUT2D eigenvalue weighted by molar-refractivity contribution is -0.117. The minimum Gasteiger partial charge on any atom is -0.292 e. The topological polar surface area (TPSA) is 100 Å². The van der Waals surface area contributed by atoms with Gasteiger partial charge in [-0.1, -0.05) is 11.6 Å². The summed E-state index contributed by atoms with van der Waals surface area (Å²) < 4.78 is 33.7. The molecule has 1 aromatic heterocycles. The molecule has 0 aromatic carbocycles. The van der Waals surface area contributed by atoms with E-state index in [9.17, 15) is 21.9 Å². The van der Waals surface area contributed by atoms with Crippen molar-refractivity contribution in [2.75, 3.05) is 17.2 Å². The van der Waals surface area contributed by atoms with Crippen molar-refractivity contribution in [2.24, 2.45) is 5.92 Å². The van der Waals surface area contributed by atoms with Gasteiger partial charge in [0.25, 0.3) is 5.56 Å². The number of aromatic nitrogens is 2. The molecule has 1 aliphatic heterocycles. The Labute approximate surface area is 112 Å². The molecule has 10 heteroatoms. The highest BCUT2D eigenvalue weighted by Crippen LogP contribution is 2.23. The maximum absolute atomic E-state index is 12.6. The molecule has 1 atom stereocenters. The number of hydrogen-bond acceptors (Lipinski definition) is 5. The van der Waals surface area contributed by atoms with Gasteiger partial charge in [-0.25, -0.2) is 4.98 Å². The summed E-state index contributed by atoms with van der Waals surface area (Å²) in [4.78, 5) is 30.1. The first-order chi connectivity index (χ1) is 8.74. The molecule has 0 bridgehead atoms. The van der Waals surface area contributed by atoms with Crippen molar-refractivity contribution in [3.63, 3.8) is 0 Å². The maximum atomic E-state index is 12.6. The van der Waals surface area contributed by atoms with E-state index >= 15 is 0 Å². The number of anilines is 1. The molecule has 0 radical (unpaired) electrons. The normalized spacial score (nSPS) is 20.0. The van der Waals surface area contributed by atoms with Crippen LogP contribution in [-0.4, -0.2) is 36.6 Å². The molecule has 0 spiro atoms.